The van der Waals surface area contributed by atoms with Crippen LogP contribution in [0.25, 0.3) is 0 Å². The van der Waals surface area contributed by atoms with Crippen LogP contribution in [0.3, 0.4) is 0 Å². The van der Waals surface area contributed by atoms with Crippen LogP contribution in [0, 0.1) is 17.0 Å². The monoisotopic (exact) mass is 199 g/mol. The number of nitro groups is 1. The van der Waals surface area contributed by atoms with Gasteiger partial charge >= 0.3 is 11.9 Å². The van der Waals surface area contributed by atoms with Crippen LogP contribution in [0.2, 0.25) is 0 Å². The SMILES string of the molecule is CCOC(=O)n1cc([N+](=O)[O-])nc1C. The van der Waals surface area contributed by atoms with Gasteiger partial charge in [0.2, 0.25) is 5.82 Å². The molecule has 1 rings (SSSR count). The number of ether oxygens (including phenoxy) is 1. The predicted molar refractivity (Wildman–Crippen MR) is 46.0 cm³/mol. The molecule has 0 spiro atoms. The molecule has 0 aliphatic carbocycles. The summed E-state index contributed by atoms with van der Waals surface area (Å²) < 4.78 is 5.66. The minimum absolute atomic E-state index is 0.213. The highest BCUT2D eigenvalue weighted by atomic mass is 16.6. The number of carbonyl (C=O) groups is 1. The van der Waals surface area contributed by atoms with Gasteiger partial charge in [0.25, 0.3) is 0 Å². The molecule has 1 aromatic heterocycles. The largest absolute Gasteiger partial charge is 0.449 e. The Labute approximate surface area is 79.5 Å². The molecule has 7 heteroatoms. The van der Waals surface area contributed by atoms with E-state index in [9.17, 15) is 14.9 Å². The van der Waals surface area contributed by atoms with Crippen molar-refractivity contribution >= 4 is 11.9 Å². The van der Waals surface area contributed by atoms with Gasteiger partial charge in [-0.3, -0.25) is 0 Å². The molecule has 1 heterocycles. The van der Waals surface area contributed by atoms with Gasteiger partial charge in [0.05, 0.1) is 6.61 Å². The van der Waals surface area contributed by atoms with Crippen LogP contribution in [0.4, 0.5) is 10.6 Å². The third-order valence-corrected chi connectivity index (χ3v) is 1.52. The zero-order valence-electron chi connectivity index (χ0n) is 7.76. The Hall–Kier alpha value is -1.92. The van der Waals surface area contributed by atoms with Crippen LogP contribution >= 0.6 is 0 Å². The fourth-order valence-electron chi connectivity index (χ4n) is 0.923. The lowest BCUT2D eigenvalue weighted by atomic mass is 10.7. The number of rotatable bonds is 2. The number of nitrogens with zero attached hydrogens (tertiary/aromatic N) is 3. The van der Waals surface area contributed by atoms with Crippen molar-refractivity contribution in [2.75, 3.05) is 6.61 Å². The second-order valence-electron chi connectivity index (χ2n) is 2.47. The summed E-state index contributed by atoms with van der Waals surface area (Å²) in [5.41, 5.74) is 0. The summed E-state index contributed by atoms with van der Waals surface area (Å²) in [6.45, 7) is 3.35. The lowest BCUT2D eigenvalue weighted by Crippen LogP contribution is -2.13. The van der Waals surface area contributed by atoms with Crippen LogP contribution in [0.1, 0.15) is 12.7 Å². The standard InChI is InChI=1S/C7H9N3O4/c1-3-14-7(11)9-4-6(10(12)13)8-5(9)2/h4H,3H2,1-2H3. The maximum absolute atomic E-state index is 11.2. The molecule has 76 valence electrons. The summed E-state index contributed by atoms with van der Waals surface area (Å²) in [4.78, 5) is 24.4. The summed E-state index contributed by atoms with van der Waals surface area (Å²) >= 11 is 0. The molecule has 0 aromatic carbocycles. The second kappa shape index (κ2) is 3.86. The summed E-state index contributed by atoms with van der Waals surface area (Å²) in [5.74, 6) is -0.134. The molecule has 0 unspecified atom stereocenters. The molecule has 0 N–H and O–H groups in total. The van der Waals surface area contributed by atoms with E-state index in [0.717, 1.165) is 10.8 Å². The normalized spacial score (nSPS) is 9.86. The fraction of sp³-hybridized carbons (Fsp3) is 0.429. The number of aryl methyl sites for hydroxylation is 1. The first-order valence-corrected chi connectivity index (χ1v) is 3.93. The molecule has 0 saturated carbocycles. The molecule has 0 fully saturated rings. The molecule has 0 bridgehead atoms. The number of imidazole rings is 1. The number of hydrogen-bond donors (Lipinski definition) is 0. The third kappa shape index (κ3) is 1.87. The van der Waals surface area contributed by atoms with Crippen molar-refractivity contribution < 1.29 is 14.5 Å². The first kappa shape index (κ1) is 10.2. The van der Waals surface area contributed by atoms with Crippen LogP contribution in [0.15, 0.2) is 6.20 Å². The Morgan fingerprint density at radius 2 is 2.43 bits per heavy atom. The number of hydrogen-bond acceptors (Lipinski definition) is 5. The van der Waals surface area contributed by atoms with Gasteiger partial charge < -0.3 is 14.9 Å². The van der Waals surface area contributed by atoms with Crippen LogP contribution in [0.5, 0.6) is 0 Å². The molecule has 0 aliphatic heterocycles. The number of carbonyl (C=O) groups excluding carboxylic acids is 1. The van der Waals surface area contributed by atoms with E-state index in [4.69, 9.17) is 0 Å². The number of aromatic nitrogens is 2. The zero-order chi connectivity index (χ0) is 10.7. The van der Waals surface area contributed by atoms with Crippen molar-refractivity contribution in [3.63, 3.8) is 0 Å². The van der Waals surface area contributed by atoms with Crippen molar-refractivity contribution in [3.8, 4) is 0 Å². The van der Waals surface area contributed by atoms with Gasteiger partial charge in [-0.05, 0) is 16.8 Å². The van der Waals surface area contributed by atoms with Gasteiger partial charge in [0.1, 0.15) is 6.20 Å². The highest BCUT2D eigenvalue weighted by Gasteiger charge is 2.19. The van der Waals surface area contributed by atoms with Gasteiger partial charge in [-0.1, -0.05) is 0 Å². The zero-order valence-corrected chi connectivity index (χ0v) is 7.76. The molecule has 0 aliphatic rings. The molecule has 0 saturated heterocycles. The maximum Gasteiger partial charge on any atom is 0.421 e. The Bertz CT molecular complexity index is 371. The van der Waals surface area contributed by atoms with Gasteiger partial charge in [-0.25, -0.2) is 9.36 Å². The van der Waals surface area contributed by atoms with Crippen molar-refractivity contribution in [2.45, 2.75) is 13.8 Å². The Kier molecular flexibility index (Phi) is 2.80. The van der Waals surface area contributed by atoms with E-state index in [0.29, 0.717) is 0 Å². The van der Waals surface area contributed by atoms with Crippen molar-refractivity contribution in [3.05, 3.63) is 22.1 Å². The van der Waals surface area contributed by atoms with Gasteiger partial charge in [-0.15, -0.1) is 0 Å². The predicted octanol–water partition coefficient (Wildman–Crippen LogP) is 1.10. The smallest absolute Gasteiger partial charge is 0.421 e. The quantitative estimate of drug-likeness (QED) is 0.525. The van der Waals surface area contributed by atoms with Crippen LogP contribution in [-0.2, 0) is 4.74 Å². The van der Waals surface area contributed by atoms with E-state index in [-0.39, 0.29) is 18.2 Å². The lowest BCUT2D eigenvalue weighted by molar-refractivity contribution is -0.389. The van der Waals surface area contributed by atoms with E-state index in [2.05, 4.69) is 9.72 Å². The second-order valence-corrected chi connectivity index (χ2v) is 2.47. The molecule has 1 aromatic rings. The van der Waals surface area contributed by atoms with E-state index < -0.39 is 11.0 Å². The van der Waals surface area contributed by atoms with E-state index >= 15 is 0 Å². The van der Waals surface area contributed by atoms with Crippen molar-refractivity contribution in [2.24, 2.45) is 0 Å². The van der Waals surface area contributed by atoms with Gasteiger partial charge in [0.15, 0.2) is 0 Å². The maximum atomic E-state index is 11.2. The molecular weight excluding hydrogens is 190 g/mol. The molecular formula is C7H9N3O4. The lowest BCUT2D eigenvalue weighted by Gasteiger charge is -1.99. The molecule has 7 nitrogen and oxygen atoms in total. The van der Waals surface area contributed by atoms with E-state index in [1.165, 1.54) is 6.92 Å². The minimum atomic E-state index is -0.664. The third-order valence-electron chi connectivity index (χ3n) is 1.52. The molecule has 14 heavy (non-hydrogen) atoms. The van der Waals surface area contributed by atoms with E-state index in [1.807, 2.05) is 0 Å². The van der Waals surface area contributed by atoms with Gasteiger partial charge in [0, 0.05) is 6.92 Å². The Morgan fingerprint density at radius 3 is 2.86 bits per heavy atom. The van der Waals surface area contributed by atoms with Gasteiger partial charge in [-0.2, -0.15) is 0 Å². The first-order chi connectivity index (χ1) is 6.56. The molecule has 0 radical (unpaired) electrons. The molecule has 0 atom stereocenters. The van der Waals surface area contributed by atoms with E-state index in [1.54, 1.807) is 6.92 Å². The minimum Gasteiger partial charge on any atom is -0.449 e. The van der Waals surface area contributed by atoms with Crippen molar-refractivity contribution in [1.29, 1.82) is 0 Å². The summed E-state index contributed by atoms with van der Waals surface area (Å²) in [6.07, 6.45) is 0.374. The van der Waals surface area contributed by atoms with Crippen LogP contribution in [-0.4, -0.2) is 27.2 Å². The highest BCUT2D eigenvalue weighted by Crippen LogP contribution is 2.10. The summed E-state index contributed by atoms with van der Waals surface area (Å²) in [6, 6.07) is 0. The topological polar surface area (TPSA) is 87.3 Å². The fourth-order valence-corrected chi connectivity index (χ4v) is 0.923. The Balaban J connectivity index is 2.98. The summed E-state index contributed by atoms with van der Waals surface area (Å²) in [5, 5.41) is 10.3. The van der Waals surface area contributed by atoms with Crippen LogP contribution < -0.4 is 0 Å². The average Bonchev–Trinajstić information content (AvgIpc) is 2.48. The van der Waals surface area contributed by atoms with Crippen molar-refractivity contribution in [1.82, 2.24) is 9.55 Å². The Morgan fingerprint density at radius 1 is 1.79 bits per heavy atom. The first-order valence-electron chi connectivity index (χ1n) is 3.93. The molecule has 0 amide bonds. The highest BCUT2D eigenvalue weighted by molar-refractivity contribution is 5.71. The summed E-state index contributed by atoms with van der Waals surface area (Å²) in [7, 11) is 0. The average molecular weight is 199 g/mol.